The fourth-order valence-electron chi connectivity index (χ4n) is 2.52. The second-order valence-corrected chi connectivity index (χ2v) is 6.86. The minimum Gasteiger partial charge on any atom is -0.497 e. The van der Waals surface area contributed by atoms with Crippen molar-refractivity contribution in [1.82, 2.24) is 10.3 Å². The molecule has 118 valence electrons. The Balaban J connectivity index is 1.46. The summed E-state index contributed by atoms with van der Waals surface area (Å²) >= 11 is 1.80. The van der Waals surface area contributed by atoms with Crippen LogP contribution in [0.3, 0.4) is 0 Å². The number of hydrogen-bond donors (Lipinski definition) is 2. The molecular formula is C17H22N2O2S. The Labute approximate surface area is 135 Å². The van der Waals surface area contributed by atoms with Gasteiger partial charge in [0, 0.05) is 30.1 Å². The van der Waals surface area contributed by atoms with E-state index in [0.717, 1.165) is 17.9 Å². The van der Waals surface area contributed by atoms with Gasteiger partial charge in [-0.05, 0) is 30.5 Å². The number of aliphatic hydroxyl groups is 1. The number of aromatic nitrogens is 1. The number of hydrogen-bond acceptors (Lipinski definition) is 5. The van der Waals surface area contributed by atoms with Crippen LogP contribution in [0.4, 0.5) is 0 Å². The largest absolute Gasteiger partial charge is 0.497 e. The van der Waals surface area contributed by atoms with Crippen molar-refractivity contribution in [3.8, 4) is 5.75 Å². The Morgan fingerprint density at radius 2 is 2.14 bits per heavy atom. The van der Waals surface area contributed by atoms with E-state index in [1.54, 1.807) is 18.4 Å². The summed E-state index contributed by atoms with van der Waals surface area (Å²) in [6.07, 6.45) is 5.37. The maximum atomic E-state index is 10.2. The number of nitrogens with zero attached hydrogens (tertiary/aromatic N) is 1. The number of aliphatic hydroxyl groups excluding tert-OH is 1. The molecule has 0 radical (unpaired) electrons. The molecule has 1 aromatic carbocycles. The third kappa shape index (κ3) is 3.66. The van der Waals surface area contributed by atoms with Gasteiger partial charge < -0.3 is 15.2 Å². The van der Waals surface area contributed by atoms with Crippen LogP contribution in [0.2, 0.25) is 0 Å². The van der Waals surface area contributed by atoms with Crippen LogP contribution < -0.4 is 10.1 Å². The number of thiazole rings is 1. The lowest BCUT2D eigenvalue weighted by Crippen LogP contribution is -2.20. The van der Waals surface area contributed by atoms with Gasteiger partial charge in [0.1, 0.15) is 5.75 Å². The molecule has 0 amide bonds. The van der Waals surface area contributed by atoms with E-state index in [4.69, 9.17) is 4.74 Å². The molecule has 0 saturated heterocycles. The quantitative estimate of drug-likeness (QED) is 0.823. The van der Waals surface area contributed by atoms with Gasteiger partial charge in [-0.15, -0.1) is 11.3 Å². The van der Waals surface area contributed by atoms with Crippen LogP contribution in [0.15, 0.2) is 30.5 Å². The number of benzene rings is 1. The predicted octanol–water partition coefficient (Wildman–Crippen LogP) is 3.24. The lowest BCUT2D eigenvalue weighted by Gasteiger charge is -2.22. The standard InChI is InChI=1S/C17H22N2O2S/c1-21-14-7-5-12(6-8-14)16(20)11-18-9-15-10-19-17(22-15)13-3-2-4-13/h5-8,10,13,16,18,20H,2-4,9,11H2,1H3. The summed E-state index contributed by atoms with van der Waals surface area (Å²) in [5.41, 5.74) is 0.896. The van der Waals surface area contributed by atoms with E-state index in [0.29, 0.717) is 12.5 Å². The maximum Gasteiger partial charge on any atom is 0.118 e. The monoisotopic (exact) mass is 318 g/mol. The van der Waals surface area contributed by atoms with Crippen molar-refractivity contribution in [2.24, 2.45) is 0 Å². The number of rotatable bonds is 7. The highest BCUT2D eigenvalue weighted by Gasteiger charge is 2.22. The minimum absolute atomic E-state index is 0.509. The molecule has 0 aliphatic heterocycles. The molecule has 4 nitrogen and oxygen atoms in total. The average molecular weight is 318 g/mol. The zero-order chi connectivity index (χ0) is 15.4. The molecule has 3 rings (SSSR count). The number of ether oxygens (including phenoxy) is 1. The molecule has 0 bridgehead atoms. The van der Waals surface area contributed by atoms with E-state index in [1.807, 2.05) is 30.5 Å². The average Bonchev–Trinajstić information content (AvgIpc) is 2.94. The summed E-state index contributed by atoms with van der Waals surface area (Å²) < 4.78 is 5.12. The first kappa shape index (κ1) is 15.5. The highest BCUT2D eigenvalue weighted by atomic mass is 32.1. The Morgan fingerprint density at radius 1 is 1.36 bits per heavy atom. The Kier molecular flexibility index (Phi) is 5.08. The van der Waals surface area contributed by atoms with Crippen molar-refractivity contribution in [3.63, 3.8) is 0 Å². The number of methoxy groups -OCH3 is 1. The highest BCUT2D eigenvalue weighted by molar-refractivity contribution is 7.11. The van der Waals surface area contributed by atoms with Gasteiger partial charge >= 0.3 is 0 Å². The zero-order valence-electron chi connectivity index (χ0n) is 12.8. The second-order valence-electron chi connectivity index (χ2n) is 5.71. The summed E-state index contributed by atoms with van der Waals surface area (Å²) in [5.74, 6) is 1.50. The molecule has 22 heavy (non-hydrogen) atoms. The van der Waals surface area contributed by atoms with E-state index >= 15 is 0 Å². The lowest BCUT2D eigenvalue weighted by atomic mass is 9.86. The lowest BCUT2D eigenvalue weighted by molar-refractivity contribution is 0.174. The summed E-state index contributed by atoms with van der Waals surface area (Å²) in [6.45, 7) is 1.29. The Morgan fingerprint density at radius 3 is 2.77 bits per heavy atom. The van der Waals surface area contributed by atoms with Gasteiger partial charge in [0.2, 0.25) is 0 Å². The van der Waals surface area contributed by atoms with E-state index in [1.165, 1.54) is 29.1 Å². The van der Waals surface area contributed by atoms with E-state index in [2.05, 4.69) is 10.3 Å². The molecular weight excluding hydrogens is 296 g/mol. The molecule has 1 unspecified atom stereocenters. The minimum atomic E-state index is -0.509. The molecule has 2 N–H and O–H groups in total. The first-order valence-corrected chi connectivity index (χ1v) is 8.55. The highest BCUT2D eigenvalue weighted by Crippen LogP contribution is 2.38. The topological polar surface area (TPSA) is 54.4 Å². The molecule has 1 fully saturated rings. The van der Waals surface area contributed by atoms with Crippen LogP contribution in [0.5, 0.6) is 5.75 Å². The molecule has 1 atom stereocenters. The van der Waals surface area contributed by atoms with Crippen molar-refractivity contribution in [2.75, 3.05) is 13.7 Å². The molecule has 1 aromatic heterocycles. The summed E-state index contributed by atoms with van der Waals surface area (Å²) in [5, 5.41) is 14.8. The van der Waals surface area contributed by atoms with Gasteiger partial charge in [-0.1, -0.05) is 18.6 Å². The van der Waals surface area contributed by atoms with Gasteiger partial charge in [-0.3, -0.25) is 0 Å². The predicted molar refractivity (Wildman–Crippen MR) is 88.4 cm³/mol. The van der Waals surface area contributed by atoms with Gasteiger partial charge in [0.25, 0.3) is 0 Å². The van der Waals surface area contributed by atoms with E-state index < -0.39 is 6.10 Å². The summed E-state index contributed by atoms with van der Waals surface area (Å²) in [4.78, 5) is 5.75. The molecule has 1 saturated carbocycles. The summed E-state index contributed by atoms with van der Waals surface area (Å²) in [7, 11) is 1.64. The van der Waals surface area contributed by atoms with E-state index in [-0.39, 0.29) is 0 Å². The maximum absolute atomic E-state index is 10.2. The zero-order valence-corrected chi connectivity index (χ0v) is 13.6. The smallest absolute Gasteiger partial charge is 0.118 e. The van der Waals surface area contributed by atoms with Gasteiger partial charge in [-0.25, -0.2) is 4.98 Å². The van der Waals surface area contributed by atoms with Crippen LogP contribution in [-0.4, -0.2) is 23.7 Å². The second kappa shape index (κ2) is 7.22. The van der Waals surface area contributed by atoms with Crippen molar-refractivity contribution >= 4 is 11.3 Å². The molecule has 0 spiro atoms. The van der Waals surface area contributed by atoms with Crippen molar-refractivity contribution < 1.29 is 9.84 Å². The fraction of sp³-hybridized carbons (Fsp3) is 0.471. The molecule has 1 aliphatic rings. The first-order chi connectivity index (χ1) is 10.8. The van der Waals surface area contributed by atoms with Crippen molar-refractivity contribution in [3.05, 3.63) is 45.9 Å². The van der Waals surface area contributed by atoms with Crippen LogP contribution in [0.25, 0.3) is 0 Å². The third-order valence-corrected chi connectivity index (χ3v) is 5.32. The summed E-state index contributed by atoms with van der Waals surface area (Å²) in [6, 6.07) is 7.53. The Hall–Kier alpha value is -1.43. The Bertz CT molecular complexity index is 593. The molecule has 2 aromatic rings. The van der Waals surface area contributed by atoms with Gasteiger partial charge in [0.05, 0.1) is 18.2 Å². The molecule has 1 heterocycles. The van der Waals surface area contributed by atoms with Gasteiger partial charge in [0.15, 0.2) is 0 Å². The molecule has 5 heteroatoms. The molecule has 1 aliphatic carbocycles. The van der Waals surface area contributed by atoms with Crippen LogP contribution in [-0.2, 0) is 6.54 Å². The first-order valence-electron chi connectivity index (χ1n) is 7.73. The van der Waals surface area contributed by atoms with Crippen molar-refractivity contribution in [1.29, 1.82) is 0 Å². The number of nitrogens with one attached hydrogen (secondary N) is 1. The van der Waals surface area contributed by atoms with Crippen LogP contribution in [0, 0.1) is 0 Å². The van der Waals surface area contributed by atoms with Crippen molar-refractivity contribution in [2.45, 2.75) is 37.8 Å². The normalized spacial score (nSPS) is 16.3. The third-order valence-electron chi connectivity index (χ3n) is 4.16. The van der Waals surface area contributed by atoms with E-state index in [9.17, 15) is 5.11 Å². The van der Waals surface area contributed by atoms with Gasteiger partial charge in [-0.2, -0.15) is 0 Å². The fourth-order valence-corrected chi connectivity index (χ4v) is 3.58. The van der Waals surface area contributed by atoms with Crippen LogP contribution >= 0.6 is 11.3 Å². The van der Waals surface area contributed by atoms with Crippen LogP contribution in [0.1, 0.15) is 46.7 Å². The SMILES string of the molecule is COc1ccc(C(O)CNCc2cnc(C3CCC3)s2)cc1.